The summed E-state index contributed by atoms with van der Waals surface area (Å²) in [7, 11) is 0. The molecule has 15 nitrogen and oxygen atoms in total. The molecule has 2 saturated heterocycles. The van der Waals surface area contributed by atoms with E-state index in [-0.39, 0.29) is 37.4 Å². The van der Waals surface area contributed by atoms with E-state index in [9.17, 15) is 9.90 Å². The first kappa shape index (κ1) is 36.8. The minimum Gasteiger partial charge on any atom is -0.394 e. The highest BCUT2D eigenvalue weighted by Crippen LogP contribution is 2.43. The lowest BCUT2D eigenvalue weighted by atomic mass is 10.1. The summed E-state index contributed by atoms with van der Waals surface area (Å²) >= 11 is 6.36. The van der Waals surface area contributed by atoms with Crippen molar-refractivity contribution in [3.05, 3.63) is 46.9 Å². The summed E-state index contributed by atoms with van der Waals surface area (Å²) < 4.78 is 41.2. The molecule has 0 unspecified atom stereocenters. The molecule has 2 aliphatic rings. The van der Waals surface area contributed by atoms with Crippen molar-refractivity contribution in [3.8, 4) is 12.3 Å². The van der Waals surface area contributed by atoms with Crippen molar-refractivity contribution in [2.75, 3.05) is 64.8 Å². The number of aromatic nitrogens is 4. The van der Waals surface area contributed by atoms with Gasteiger partial charge in [0.2, 0.25) is 11.2 Å². The molecule has 3 N–H and O–H groups in total. The standard InChI is InChI=1S/C33H43ClN6O9/c1-4-10-43-12-14-45-16-17-46-15-13-44-11-9-26(42)35-18-22-7-5-6-8-23(22)19-36-29-24-20-37-40(30(24)39-32(34)38-29)31-28-27(25(21-41)47-31)48-33(2,3)49-28/h1,5-8,20,25,27-28,31,41H,9-19,21H2,2-3H3,(H,35,42)(H,36,38,39)/t25-,27-,28-,31-/m1/s1. The molecule has 1 aromatic carbocycles. The number of nitrogens with zero attached hydrogens (tertiary/aromatic N) is 4. The van der Waals surface area contributed by atoms with Gasteiger partial charge in [0.25, 0.3) is 0 Å². The van der Waals surface area contributed by atoms with Crippen LogP contribution in [0.1, 0.15) is 37.6 Å². The van der Waals surface area contributed by atoms with Gasteiger partial charge in [0, 0.05) is 19.5 Å². The number of carbonyl (C=O) groups excluding carboxylic acids is 1. The summed E-state index contributed by atoms with van der Waals surface area (Å²) in [5.74, 6) is 1.92. The number of amides is 1. The summed E-state index contributed by atoms with van der Waals surface area (Å²) in [6.07, 6.45) is 4.73. The molecule has 0 radical (unpaired) electrons. The quantitative estimate of drug-likeness (QED) is 0.0891. The van der Waals surface area contributed by atoms with E-state index in [1.165, 1.54) is 0 Å². The molecule has 3 aromatic rings. The zero-order valence-corrected chi connectivity index (χ0v) is 28.4. The van der Waals surface area contributed by atoms with Crippen molar-refractivity contribution in [2.24, 2.45) is 0 Å². The molecule has 4 atom stereocenters. The predicted molar refractivity (Wildman–Crippen MR) is 177 cm³/mol. The van der Waals surface area contributed by atoms with E-state index < -0.39 is 30.3 Å². The van der Waals surface area contributed by atoms with Crippen LogP contribution < -0.4 is 10.6 Å². The summed E-state index contributed by atoms with van der Waals surface area (Å²) in [6.45, 7) is 7.30. The lowest BCUT2D eigenvalue weighted by Crippen LogP contribution is -2.31. The number of benzene rings is 1. The SMILES string of the molecule is C#CCOCCOCCOCCOCCC(=O)NCc1ccccc1CNc1nc(Cl)nc2c1cnn2[C@@H]1O[C@H](CO)[C@H]2OC(C)(C)O[C@H]21. The second-order valence-corrected chi connectivity index (χ2v) is 12.1. The first-order valence-corrected chi connectivity index (χ1v) is 16.5. The van der Waals surface area contributed by atoms with E-state index in [0.29, 0.717) is 69.6 Å². The van der Waals surface area contributed by atoms with Gasteiger partial charge in [-0.25, -0.2) is 4.68 Å². The topological polar surface area (TPSA) is 170 Å². The fraction of sp³-hybridized carbons (Fsp3) is 0.576. The lowest BCUT2D eigenvalue weighted by molar-refractivity contribution is -0.201. The van der Waals surface area contributed by atoms with Gasteiger partial charge in [-0.1, -0.05) is 30.2 Å². The fourth-order valence-corrected chi connectivity index (χ4v) is 5.71. The van der Waals surface area contributed by atoms with Gasteiger partial charge < -0.3 is 48.9 Å². The Hall–Kier alpha value is -3.43. The van der Waals surface area contributed by atoms with Crippen LogP contribution in [0.2, 0.25) is 5.28 Å². The number of carbonyl (C=O) groups is 1. The Balaban J connectivity index is 1.07. The van der Waals surface area contributed by atoms with Crippen molar-refractivity contribution in [1.82, 2.24) is 25.1 Å². The summed E-state index contributed by atoms with van der Waals surface area (Å²) in [5.41, 5.74) is 2.35. The van der Waals surface area contributed by atoms with Crippen molar-refractivity contribution >= 4 is 34.4 Å². The molecular weight excluding hydrogens is 660 g/mol. The third-order valence-electron chi connectivity index (χ3n) is 7.79. The van der Waals surface area contributed by atoms with Crippen LogP contribution in [0.25, 0.3) is 11.0 Å². The van der Waals surface area contributed by atoms with Crippen LogP contribution in [-0.2, 0) is 51.0 Å². The molecule has 5 rings (SSSR count). The largest absolute Gasteiger partial charge is 0.394 e. The van der Waals surface area contributed by atoms with Crippen molar-refractivity contribution < 1.29 is 43.1 Å². The van der Waals surface area contributed by atoms with Crippen molar-refractivity contribution in [2.45, 2.75) is 63.7 Å². The van der Waals surface area contributed by atoms with E-state index in [1.807, 2.05) is 38.1 Å². The summed E-state index contributed by atoms with van der Waals surface area (Å²) in [5, 5.41) is 21.4. The molecule has 0 aliphatic carbocycles. The molecule has 266 valence electrons. The zero-order valence-electron chi connectivity index (χ0n) is 27.6. The fourth-order valence-electron chi connectivity index (χ4n) is 5.54. The van der Waals surface area contributed by atoms with Gasteiger partial charge in [-0.3, -0.25) is 4.79 Å². The molecule has 49 heavy (non-hydrogen) atoms. The second-order valence-electron chi connectivity index (χ2n) is 11.7. The maximum Gasteiger partial charge on any atom is 0.226 e. The normalized spacial score (nSPS) is 21.1. The number of hydrogen-bond acceptors (Lipinski definition) is 13. The molecule has 0 saturated carbocycles. The lowest BCUT2D eigenvalue weighted by Gasteiger charge is -2.23. The first-order valence-electron chi connectivity index (χ1n) is 16.1. The van der Waals surface area contributed by atoms with Gasteiger partial charge >= 0.3 is 0 Å². The third kappa shape index (κ3) is 10.1. The Morgan fingerprint density at radius 3 is 2.35 bits per heavy atom. The van der Waals surface area contributed by atoms with Gasteiger partial charge in [-0.15, -0.1) is 6.42 Å². The molecular formula is C33H43ClN6O9. The van der Waals surface area contributed by atoms with Crippen LogP contribution >= 0.6 is 11.6 Å². The Labute approximate surface area is 289 Å². The molecule has 2 aromatic heterocycles. The number of aliphatic hydroxyl groups is 1. The minimum atomic E-state index is -0.834. The highest BCUT2D eigenvalue weighted by molar-refractivity contribution is 6.28. The van der Waals surface area contributed by atoms with Crippen LogP contribution in [0.4, 0.5) is 5.82 Å². The van der Waals surface area contributed by atoms with E-state index in [2.05, 4.69) is 31.6 Å². The molecule has 0 bridgehead atoms. The number of aliphatic hydroxyl groups excluding tert-OH is 1. The van der Waals surface area contributed by atoms with Crippen LogP contribution in [0.3, 0.4) is 0 Å². The van der Waals surface area contributed by atoms with Gasteiger partial charge in [-0.05, 0) is 36.6 Å². The molecule has 2 fully saturated rings. The Morgan fingerprint density at radius 2 is 1.65 bits per heavy atom. The highest BCUT2D eigenvalue weighted by atomic mass is 35.5. The monoisotopic (exact) mass is 702 g/mol. The molecule has 0 spiro atoms. The van der Waals surface area contributed by atoms with Gasteiger partial charge in [-0.2, -0.15) is 15.1 Å². The molecule has 2 aliphatic heterocycles. The molecule has 4 heterocycles. The smallest absolute Gasteiger partial charge is 0.226 e. The zero-order chi connectivity index (χ0) is 34.6. The van der Waals surface area contributed by atoms with Crippen molar-refractivity contribution in [1.29, 1.82) is 0 Å². The number of rotatable bonds is 20. The summed E-state index contributed by atoms with van der Waals surface area (Å²) in [6, 6.07) is 7.77. The van der Waals surface area contributed by atoms with Crippen LogP contribution in [-0.4, -0.2) is 114 Å². The molecule has 1 amide bonds. The maximum absolute atomic E-state index is 12.5. The van der Waals surface area contributed by atoms with Gasteiger partial charge in [0.15, 0.2) is 17.7 Å². The predicted octanol–water partition coefficient (Wildman–Crippen LogP) is 2.21. The van der Waals surface area contributed by atoms with E-state index in [0.717, 1.165) is 11.1 Å². The average molecular weight is 703 g/mol. The van der Waals surface area contributed by atoms with Gasteiger partial charge in [0.1, 0.15) is 30.7 Å². The first-order chi connectivity index (χ1) is 23.8. The van der Waals surface area contributed by atoms with Crippen molar-refractivity contribution in [3.63, 3.8) is 0 Å². The Bertz CT molecular complexity index is 1570. The third-order valence-corrected chi connectivity index (χ3v) is 7.96. The highest BCUT2D eigenvalue weighted by Gasteiger charge is 2.56. The Kier molecular flexibility index (Phi) is 13.5. The second kappa shape index (κ2) is 18.0. The number of halogens is 1. The maximum atomic E-state index is 12.5. The number of ether oxygens (including phenoxy) is 7. The number of hydrogen-bond donors (Lipinski definition) is 3. The van der Waals surface area contributed by atoms with Crippen LogP contribution in [0.15, 0.2) is 30.5 Å². The number of nitrogens with one attached hydrogen (secondary N) is 2. The number of anilines is 1. The average Bonchev–Trinajstić information content (AvgIpc) is 3.75. The molecule has 16 heteroatoms. The number of terminal acetylenes is 1. The van der Waals surface area contributed by atoms with E-state index >= 15 is 0 Å². The van der Waals surface area contributed by atoms with Crippen LogP contribution in [0.5, 0.6) is 0 Å². The minimum absolute atomic E-state index is 0.0237. The Morgan fingerprint density at radius 1 is 1.00 bits per heavy atom. The summed E-state index contributed by atoms with van der Waals surface area (Å²) in [4.78, 5) is 21.3. The van der Waals surface area contributed by atoms with Crippen LogP contribution in [0, 0.1) is 12.3 Å². The van der Waals surface area contributed by atoms with E-state index in [4.69, 9.17) is 51.2 Å². The number of fused-ring (bicyclic) bond motifs is 2. The van der Waals surface area contributed by atoms with E-state index in [1.54, 1.807) is 10.9 Å². The van der Waals surface area contributed by atoms with Gasteiger partial charge in [0.05, 0.1) is 64.4 Å².